The van der Waals surface area contributed by atoms with Crippen LogP contribution in [0.2, 0.25) is 0 Å². The minimum absolute atomic E-state index is 0.148. The summed E-state index contributed by atoms with van der Waals surface area (Å²) >= 11 is 0. The lowest BCUT2D eigenvalue weighted by molar-refractivity contribution is -0.148. The van der Waals surface area contributed by atoms with Crippen LogP contribution in [-0.4, -0.2) is 31.8 Å². The second-order valence-electron chi connectivity index (χ2n) is 5.11. The monoisotopic (exact) mass is 281 g/mol. The average molecular weight is 281 g/mol. The number of ether oxygens (including phenoxy) is 2. The molecule has 110 valence electrons. The Morgan fingerprint density at radius 2 is 1.95 bits per heavy atom. The zero-order chi connectivity index (χ0) is 14.6. The minimum atomic E-state index is -0.869. The maximum atomic E-state index is 13.8. The summed E-state index contributed by atoms with van der Waals surface area (Å²) in [6, 6.07) is 6.35. The van der Waals surface area contributed by atoms with Gasteiger partial charge in [-0.25, -0.2) is 9.18 Å². The van der Waals surface area contributed by atoms with Gasteiger partial charge in [-0.2, -0.15) is 0 Å². The highest BCUT2D eigenvalue weighted by molar-refractivity contribution is 5.84. The van der Waals surface area contributed by atoms with Gasteiger partial charge in [0.15, 0.2) is 0 Å². The number of nitrogens with one attached hydrogen (secondary N) is 1. The molecule has 0 aliphatic heterocycles. The SMILES string of the molecule is COC(=O)C1(Nc2ccccc2F)CCC(OC)CC1. The van der Waals surface area contributed by atoms with Gasteiger partial charge in [0.05, 0.1) is 18.9 Å². The van der Waals surface area contributed by atoms with E-state index in [0.29, 0.717) is 18.5 Å². The molecule has 0 unspecified atom stereocenters. The number of para-hydroxylation sites is 1. The summed E-state index contributed by atoms with van der Waals surface area (Å²) in [5, 5.41) is 3.05. The van der Waals surface area contributed by atoms with Gasteiger partial charge >= 0.3 is 5.97 Å². The molecule has 0 saturated heterocycles. The largest absolute Gasteiger partial charge is 0.467 e. The van der Waals surface area contributed by atoms with Crippen molar-refractivity contribution in [3.8, 4) is 0 Å². The summed E-state index contributed by atoms with van der Waals surface area (Å²) in [6.07, 6.45) is 2.76. The normalized spacial score (nSPS) is 26.1. The van der Waals surface area contributed by atoms with Gasteiger partial charge in [0.1, 0.15) is 11.4 Å². The lowest BCUT2D eigenvalue weighted by Gasteiger charge is -2.38. The first-order chi connectivity index (χ1) is 9.61. The van der Waals surface area contributed by atoms with E-state index in [2.05, 4.69) is 5.32 Å². The number of carbonyl (C=O) groups is 1. The highest BCUT2D eigenvalue weighted by atomic mass is 19.1. The second kappa shape index (κ2) is 6.22. The summed E-state index contributed by atoms with van der Waals surface area (Å²) in [5.41, 5.74) is -0.542. The van der Waals surface area contributed by atoms with Crippen LogP contribution in [-0.2, 0) is 14.3 Å². The Morgan fingerprint density at radius 1 is 1.30 bits per heavy atom. The highest BCUT2D eigenvalue weighted by Crippen LogP contribution is 2.34. The van der Waals surface area contributed by atoms with Gasteiger partial charge in [-0.05, 0) is 37.8 Å². The van der Waals surface area contributed by atoms with E-state index in [4.69, 9.17) is 9.47 Å². The molecule has 0 heterocycles. The third-order valence-corrected chi connectivity index (χ3v) is 3.94. The average Bonchev–Trinajstić information content (AvgIpc) is 2.49. The molecule has 1 aliphatic rings. The molecule has 4 nitrogen and oxygen atoms in total. The molecule has 0 radical (unpaired) electrons. The second-order valence-corrected chi connectivity index (χ2v) is 5.11. The van der Waals surface area contributed by atoms with E-state index in [-0.39, 0.29) is 17.9 Å². The van der Waals surface area contributed by atoms with Crippen LogP contribution in [0.5, 0.6) is 0 Å². The molecule has 0 aromatic heterocycles. The smallest absolute Gasteiger partial charge is 0.331 e. The standard InChI is InChI=1S/C15H20FNO3/c1-19-11-7-9-15(10-8-11,14(18)20-2)17-13-6-4-3-5-12(13)16/h3-6,11,17H,7-10H2,1-2H3. The molecule has 1 saturated carbocycles. The van der Waals surface area contributed by atoms with E-state index < -0.39 is 5.54 Å². The fourth-order valence-corrected chi connectivity index (χ4v) is 2.72. The number of hydrogen-bond donors (Lipinski definition) is 1. The summed E-state index contributed by atoms with van der Waals surface area (Å²) in [7, 11) is 3.02. The maximum absolute atomic E-state index is 13.8. The fourth-order valence-electron chi connectivity index (χ4n) is 2.72. The highest BCUT2D eigenvalue weighted by Gasteiger charge is 2.43. The third-order valence-electron chi connectivity index (χ3n) is 3.94. The molecular weight excluding hydrogens is 261 g/mol. The van der Waals surface area contributed by atoms with E-state index in [1.165, 1.54) is 13.2 Å². The van der Waals surface area contributed by atoms with E-state index in [0.717, 1.165) is 12.8 Å². The number of anilines is 1. The Bertz CT molecular complexity index is 470. The van der Waals surface area contributed by atoms with Gasteiger partial charge in [-0.1, -0.05) is 12.1 Å². The van der Waals surface area contributed by atoms with Crippen molar-refractivity contribution in [3.05, 3.63) is 30.1 Å². The van der Waals surface area contributed by atoms with E-state index in [1.54, 1.807) is 25.3 Å². The van der Waals surface area contributed by atoms with E-state index in [1.807, 2.05) is 0 Å². The number of hydrogen-bond acceptors (Lipinski definition) is 4. The van der Waals surface area contributed by atoms with Crippen molar-refractivity contribution in [3.63, 3.8) is 0 Å². The van der Waals surface area contributed by atoms with Crippen LogP contribution in [0.4, 0.5) is 10.1 Å². The molecule has 20 heavy (non-hydrogen) atoms. The Morgan fingerprint density at radius 3 is 2.50 bits per heavy atom. The van der Waals surface area contributed by atoms with Crippen LogP contribution >= 0.6 is 0 Å². The number of methoxy groups -OCH3 is 2. The van der Waals surface area contributed by atoms with Gasteiger partial charge in [0.2, 0.25) is 0 Å². The quantitative estimate of drug-likeness (QED) is 0.862. The van der Waals surface area contributed by atoms with Crippen molar-refractivity contribution in [2.24, 2.45) is 0 Å². The van der Waals surface area contributed by atoms with Gasteiger partial charge in [-0.3, -0.25) is 0 Å². The number of benzene rings is 1. The zero-order valence-corrected chi connectivity index (χ0v) is 11.8. The maximum Gasteiger partial charge on any atom is 0.331 e. The number of carbonyl (C=O) groups excluding carboxylic acids is 1. The van der Waals surface area contributed by atoms with Crippen LogP contribution < -0.4 is 5.32 Å². The van der Waals surface area contributed by atoms with Crippen LogP contribution in [0.15, 0.2) is 24.3 Å². The van der Waals surface area contributed by atoms with Crippen LogP contribution in [0.25, 0.3) is 0 Å². The summed E-state index contributed by atoms with van der Waals surface area (Å²) < 4.78 is 24.0. The molecular formula is C15H20FNO3. The predicted octanol–water partition coefficient (Wildman–Crippen LogP) is 2.74. The van der Waals surface area contributed by atoms with E-state index >= 15 is 0 Å². The van der Waals surface area contributed by atoms with E-state index in [9.17, 15) is 9.18 Å². The van der Waals surface area contributed by atoms with Crippen molar-refractivity contribution in [1.82, 2.24) is 0 Å². The van der Waals surface area contributed by atoms with Crippen LogP contribution in [0.1, 0.15) is 25.7 Å². The fraction of sp³-hybridized carbons (Fsp3) is 0.533. The van der Waals surface area contributed by atoms with Gasteiger partial charge in [0, 0.05) is 7.11 Å². The van der Waals surface area contributed by atoms with Crippen molar-refractivity contribution in [2.75, 3.05) is 19.5 Å². The van der Waals surface area contributed by atoms with Crippen molar-refractivity contribution in [1.29, 1.82) is 0 Å². The van der Waals surface area contributed by atoms with Crippen molar-refractivity contribution < 1.29 is 18.7 Å². The number of esters is 1. The molecule has 1 N–H and O–H groups in total. The number of rotatable bonds is 4. The Kier molecular flexibility index (Phi) is 4.60. The Hall–Kier alpha value is -1.62. The van der Waals surface area contributed by atoms with Gasteiger partial charge in [-0.15, -0.1) is 0 Å². The molecule has 0 atom stereocenters. The zero-order valence-electron chi connectivity index (χ0n) is 11.8. The van der Waals surface area contributed by atoms with Crippen molar-refractivity contribution in [2.45, 2.75) is 37.3 Å². The lowest BCUT2D eigenvalue weighted by atomic mass is 9.80. The first kappa shape index (κ1) is 14.8. The first-order valence-electron chi connectivity index (χ1n) is 6.75. The number of halogens is 1. The summed E-state index contributed by atoms with van der Waals surface area (Å²) in [6.45, 7) is 0. The Balaban J connectivity index is 2.21. The van der Waals surface area contributed by atoms with Crippen molar-refractivity contribution >= 4 is 11.7 Å². The van der Waals surface area contributed by atoms with Crippen LogP contribution in [0, 0.1) is 5.82 Å². The first-order valence-corrected chi connectivity index (χ1v) is 6.75. The summed E-state index contributed by atoms with van der Waals surface area (Å²) in [4.78, 5) is 12.2. The molecule has 5 heteroatoms. The van der Waals surface area contributed by atoms with Gasteiger partial charge in [0.25, 0.3) is 0 Å². The molecule has 0 spiro atoms. The predicted molar refractivity (Wildman–Crippen MR) is 74.0 cm³/mol. The molecule has 1 fully saturated rings. The Labute approximate surface area is 118 Å². The van der Waals surface area contributed by atoms with Crippen LogP contribution in [0.3, 0.4) is 0 Å². The molecule has 2 rings (SSSR count). The molecule has 1 aromatic rings. The topological polar surface area (TPSA) is 47.6 Å². The molecule has 1 aromatic carbocycles. The minimum Gasteiger partial charge on any atom is -0.467 e. The summed E-state index contributed by atoms with van der Waals surface area (Å²) in [5.74, 6) is -0.722. The molecule has 0 bridgehead atoms. The molecule has 0 amide bonds. The third kappa shape index (κ3) is 2.93. The lowest BCUT2D eigenvalue weighted by Crippen LogP contribution is -2.50. The molecule has 1 aliphatic carbocycles. The van der Waals surface area contributed by atoms with Gasteiger partial charge < -0.3 is 14.8 Å².